The van der Waals surface area contributed by atoms with E-state index in [1.165, 1.54) is 6.07 Å². The van der Waals surface area contributed by atoms with Gasteiger partial charge in [-0.1, -0.05) is 13.0 Å². The predicted molar refractivity (Wildman–Crippen MR) is 64.3 cm³/mol. The lowest BCUT2D eigenvalue weighted by Crippen LogP contribution is -2.12. The molecule has 2 nitrogen and oxygen atoms in total. The lowest BCUT2D eigenvalue weighted by molar-refractivity contribution is 0.231. The third kappa shape index (κ3) is 3.20. The van der Waals surface area contributed by atoms with Gasteiger partial charge in [0.15, 0.2) is 11.6 Å². The lowest BCUT2D eigenvalue weighted by Gasteiger charge is -2.15. The number of rotatable bonds is 5. The molecule has 3 heteroatoms. The zero-order chi connectivity index (χ0) is 12.1. The van der Waals surface area contributed by atoms with Gasteiger partial charge in [0, 0.05) is 0 Å². The van der Waals surface area contributed by atoms with E-state index in [1.807, 2.05) is 26.8 Å². The van der Waals surface area contributed by atoms with Crippen LogP contribution in [0.15, 0.2) is 18.2 Å². The molecule has 0 aromatic heterocycles. The Balaban J connectivity index is 2.89. The monoisotopic (exact) mass is 225 g/mol. The highest BCUT2D eigenvalue weighted by molar-refractivity contribution is 5.31. The molecule has 0 radical (unpaired) electrons. The fourth-order valence-corrected chi connectivity index (χ4v) is 1.66. The maximum absolute atomic E-state index is 13.7. The van der Waals surface area contributed by atoms with E-state index in [-0.39, 0.29) is 17.8 Å². The van der Waals surface area contributed by atoms with Crippen LogP contribution in [0.25, 0.3) is 0 Å². The van der Waals surface area contributed by atoms with Gasteiger partial charge >= 0.3 is 0 Å². The number of halogens is 1. The van der Waals surface area contributed by atoms with Crippen molar-refractivity contribution in [2.45, 2.75) is 39.2 Å². The van der Waals surface area contributed by atoms with Crippen LogP contribution in [0.5, 0.6) is 5.75 Å². The Labute approximate surface area is 96.6 Å². The van der Waals surface area contributed by atoms with Crippen molar-refractivity contribution in [2.75, 3.05) is 6.54 Å². The second kappa shape index (κ2) is 5.85. The first kappa shape index (κ1) is 13.0. The van der Waals surface area contributed by atoms with Crippen LogP contribution < -0.4 is 10.5 Å². The Morgan fingerprint density at radius 2 is 2.06 bits per heavy atom. The molecule has 1 atom stereocenters. The summed E-state index contributed by atoms with van der Waals surface area (Å²) in [5.74, 6) is 0.228. The maximum atomic E-state index is 13.7. The molecule has 0 aliphatic rings. The molecule has 90 valence electrons. The van der Waals surface area contributed by atoms with E-state index in [1.54, 1.807) is 6.07 Å². The molecule has 1 aromatic rings. The predicted octanol–water partition coefficient (Wildman–Crippen LogP) is 3.07. The van der Waals surface area contributed by atoms with Crippen LogP contribution in [0.1, 0.15) is 38.7 Å². The third-order valence-electron chi connectivity index (χ3n) is 2.57. The minimum atomic E-state index is -0.307. The SMILES string of the molecule is CCC(CN)c1ccc(OC(C)C)c(F)c1. The molecule has 0 amide bonds. The summed E-state index contributed by atoms with van der Waals surface area (Å²) in [7, 11) is 0. The molecule has 0 aliphatic carbocycles. The van der Waals surface area contributed by atoms with Crippen molar-refractivity contribution in [3.8, 4) is 5.75 Å². The van der Waals surface area contributed by atoms with Crippen molar-refractivity contribution in [1.29, 1.82) is 0 Å². The van der Waals surface area contributed by atoms with Gasteiger partial charge in [-0.05, 0) is 50.4 Å². The fourth-order valence-electron chi connectivity index (χ4n) is 1.66. The van der Waals surface area contributed by atoms with E-state index < -0.39 is 0 Å². The van der Waals surface area contributed by atoms with Crippen LogP contribution in [-0.4, -0.2) is 12.6 Å². The van der Waals surface area contributed by atoms with Gasteiger partial charge < -0.3 is 10.5 Å². The smallest absolute Gasteiger partial charge is 0.165 e. The number of ether oxygens (including phenoxy) is 1. The highest BCUT2D eigenvalue weighted by Crippen LogP contribution is 2.25. The van der Waals surface area contributed by atoms with E-state index in [4.69, 9.17) is 10.5 Å². The standard InChI is InChI=1S/C13H20FNO/c1-4-10(8-15)11-5-6-13(12(14)7-11)16-9(2)3/h5-7,9-10H,4,8,15H2,1-3H3. The van der Waals surface area contributed by atoms with Crippen molar-refractivity contribution in [3.05, 3.63) is 29.6 Å². The Hall–Kier alpha value is -1.09. The highest BCUT2D eigenvalue weighted by atomic mass is 19.1. The molecular weight excluding hydrogens is 205 g/mol. The van der Waals surface area contributed by atoms with Gasteiger partial charge in [0.2, 0.25) is 0 Å². The molecule has 0 heterocycles. The average Bonchev–Trinajstić information content (AvgIpc) is 2.23. The topological polar surface area (TPSA) is 35.2 Å². The average molecular weight is 225 g/mol. The summed E-state index contributed by atoms with van der Waals surface area (Å²) in [6.07, 6.45) is 0.900. The number of hydrogen-bond donors (Lipinski definition) is 1. The molecule has 0 spiro atoms. The lowest BCUT2D eigenvalue weighted by atomic mass is 9.96. The van der Waals surface area contributed by atoms with Gasteiger partial charge in [0.05, 0.1) is 6.10 Å². The van der Waals surface area contributed by atoms with Crippen molar-refractivity contribution in [3.63, 3.8) is 0 Å². The Morgan fingerprint density at radius 3 is 2.50 bits per heavy atom. The summed E-state index contributed by atoms with van der Waals surface area (Å²) in [6.45, 7) is 6.35. The Morgan fingerprint density at radius 1 is 1.38 bits per heavy atom. The second-order valence-corrected chi connectivity index (χ2v) is 4.20. The van der Waals surface area contributed by atoms with Crippen LogP contribution >= 0.6 is 0 Å². The summed E-state index contributed by atoms with van der Waals surface area (Å²) < 4.78 is 19.0. The van der Waals surface area contributed by atoms with E-state index in [0.29, 0.717) is 12.3 Å². The quantitative estimate of drug-likeness (QED) is 0.835. The maximum Gasteiger partial charge on any atom is 0.165 e. The van der Waals surface area contributed by atoms with E-state index in [2.05, 4.69) is 0 Å². The molecule has 0 bridgehead atoms. The first-order valence-corrected chi connectivity index (χ1v) is 5.74. The van der Waals surface area contributed by atoms with Crippen LogP contribution in [0.3, 0.4) is 0 Å². The largest absolute Gasteiger partial charge is 0.488 e. The fraction of sp³-hybridized carbons (Fsp3) is 0.538. The third-order valence-corrected chi connectivity index (χ3v) is 2.57. The van der Waals surface area contributed by atoms with Gasteiger partial charge in [-0.15, -0.1) is 0 Å². The molecular formula is C13H20FNO. The minimum absolute atomic E-state index is 0.0168. The summed E-state index contributed by atoms with van der Waals surface area (Å²) in [6, 6.07) is 5.10. The zero-order valence-electron chi connectivity index (χ0n) is 10.2. The summed E-state index contributed by atoms with van der Waals surface area (Å²) in [5, 5.41) is 0. The normalized spacial score (nSPS) is 12.9. The Bertz CT molecular complexity index is 335. The number of benzene rings is 1. The highest BCUT2D eigenvalue weighted by Gasteiger charge is 2.11. The van der Waals surface area contributed by atoms with Crippen molar-refractivity contribution in [2.24, 2.45) is 5.73 Å². The molecule has 2 N–H and O–H groups in total. The molecule has 0 fully saturated rings. The van der Waals surface area contributed by atoms with Gasteiger partial charge in [-0.2, -0.15) is 0 Å². The molecule has 0 saturated carbocycles. The molecule has 1 aromatic carbocycles. The first-order valence-electron chi connectivity index (χ1n) is 5.74. The van der Waals surface area contributed by atoms with Crippen LogP contribution in [0.4, 0.5) is 4.39 Å². The van der Waals surface area contributed by atoms with Gasteiger partial charge in [-0.3, -0.25) is 0 Å². The van der Waals surface area contributed by atoms with Crippen molar-refractivity contribution in [1.82, 2.24) is 0 Å². The van der Waals surface area contributed by atoms with E-state index in [0.717, 1.165) is 12.0 Å². The molecule has 1 unspecified atom stereocenters. The zero-order valence-corrected chi connectivity index (χ0v) is 10.2. The Kier molecular flexibility index (Phi) is 4.74. The summed E-state index contributed by atoms with van der Waals surface area (Å²) in [4.78, 5) is 0. The van der Waals surface area contributed by atoms with Crippen LogP contribution in [-0.2, 0) is 0 Å². The molecule has 16 heavy (non-hydrogen) atoms. The van der Waals surface area contributed by atoms with E-state index >= 15 is 0 Å². The number of nitrogens with two attached hydrogens (primary N) is 1. The van der Waals surface area contributed by atoms with Gasteiger partial charge in [-0.25, -0.2) is 4.39 Å². The van der Waals surface area contributed by atoms with Gasteiger partial charge in [0.25, 0.3) is 0 Å². The summed E-state index contributed by atoms with van der Waals surface area (Å²) in [5.41, 5.74) is 6.57. The van der Waals surface area contributed by atoms with Crippen LogP contribution in [0, 0.1) is 5.82 Å². The van der Waals surface area contributed by atoms with E-state index in [9.17, 15) is 4.39 Å². The number of hydrogen-bond acceptors (Lipinski definition) is 2. The molecule has 0 saturated heterocycles. The van der Waals surface area contributed by atoms with Crippen LogP contribution in [0.2, 0.25) is 0 Å². The molecule has 0 aliphatic heterocycles. The second-order valence-electron chi connectivity index (χ2n) is 4.20. The van der Waals surface area contributed by atoms with Crippen molar-refractivity contribution < 1.29 is 9.13 Å². The van der Waals surface area contributed by atoms with Crippen molar-refractivity contribution >= 4 is 0 Å². The minimum Gasteiger partial charge on any atom is -0.488 e. The molecule has 1 rings (SSSR count). The van der Waals surface area contributed by atoms with Gasteiger partial charge in [0.1, 0.15) is 0 Å². The first-order chi connectivity index (χ1) is 7.58. The summed E-state index contributed by atoms with van der Waals surface area (Å²) >= 11 is 0.